The summed E-state index contributed by atoms with van der Waals surface area (Å²) in [5.74, 6) is -1.34. The molecule has 48 heavy (non-hydrogen) atoms. The van der Waals surface area contributed by atoms with E-state index in [1.165, 1.54) is 18.3 Å². The lowest BCUT2D eigenvalue weighted by molar-refractivity contribution is -0.143. The smallest absolute Gasteiger partial charge is 0.407 e. The van der Waals surface area contributed by atoms with Gasteiger partial charge in [0.2, 0.25) is 5.91 Å². The van der Waals surface area contributed by atoms with Crippen molar-refractivity contribution in [1.29, 1.82) is 0 Å². The Hall–Kier alpha value is -4.34. The molecule has 0 unspecified atom stereocenters. The molecular weight excluding hydrogens is 643 g/mol. The van der Waals surface area contributed by atoms with Crippen LogP contribution in [0, 0.1) is 11.6 Å². The number of aromatic nitrogens is 1. The van der Waals surface area contributed by atoms with E-state index in [0.717, 1.165) is 11.8 Å². The predicted octanol–water partition coefficient (Wildman–Crippen LogP) is 5.38. The van der Waals surface area contributed by atoms with Gasteiger partial charge < -0.3 is 30.0 Å². The van der Waals surface area contributed by atoms with Gasteiger partial charge in [-0.15, -0.1) is 0 Å². The number of hydrogen-bond acceptors (Lipinski definition) is 7. The zero-order valence-corrected chi connectivity index (χ0v) is 26.1. The highest BCUT2D eigenvalue weighted by atomic mass is 19.4. The molecule has 4 rings (SSSR count). The lowest BCUT2D eigenvalue weighted by Gasteiger charge is -2.33. The first-order valence-electron chi connectivity index (χ1n) is 15.2. The van der Waals surface area contributed by atoms with Crippen molar-refractivity contribution in [2.24, 2.45) is 0 Å². The van der Waals surface area contributed by atoms with Crippen molar-refractivity contribution in [3.63, 3.8) is 0 Å². The molecule has 3 aromatic rings. The molecule has 2 aromatic carbocycles. The molecule has 1 aliphatic rings. The van der Waals surface area contributed by atoms with E-state index in [1.54, 1.807) is 31.4 Å². The highest BCUT2D eigenvalue weighted by molar-refractivity contribution is 5.92. The van der Waals surface area contributed by atoms with Crippen molar-refractivity contribution in [2.75, 3.05) is 51.9 Å². The van der Waals surface area contributed by atoms with Crippen molar-refractivity contribution in [3.05, 3.63) is 89.2 Å². The summed E-state index contributed by atoms with van der Waals surface area (Å²) in [6.45, 7) is -1.06. The maximum atomic E-state index is 15.0. The average Bonchev–Trinajstić information content (AvgIpc) is 3.04. The number of anilines is 1. The molecular formula is C33H37F5N4O6. The monoisotopic (exact) mass is 680 g/mol. The highest BCUT2D eigenvalue weighted by Gasteiger charge is 2.35. The molecule has 0 saturated carbocycles. The number of pyridine rings is 1. The number of halogens is 5. The standard InChI is InChI=1S/C33H37F5N4O6/c1-46-12-13-47-25-8-4-22(5-9-25)28(21-2-6-23(34)7-3-21)14-31(43)41-30-17-39-16-29(35)27(30)11-10-26-15-40-24(19-48-26)18-42(32(44)45)20-33(36,37)38/h2-9,16-17,24,26,28,40H,10-15,18-20H2,1H3,(H,41,43)(H,44,45)/t24-,26+,28-/m0/s1. The van der Waals surface area contributed by atoms with Crippen LogP contribution >= 0.6 is 0 Å². The number of carbonyl (C=O) groups is 2. The quantitative estimate of drug-likeness (QED) is 0.145. The zero-order valence-electron chi connectivity index (χ0n) is 26.1. The van der Waals surface area contributed by atoms with E-state index < -0.39 is 61.0 Å². The van der Waals surface area contributed by atoms with Crippen LogP contribution in [0.15, 0.2) is 60.9 Å². The number of benzene rings is 2. The fourth-order valence-corrected chi connectivity index (χ4v) is 5.34. The van der Waals surface area contributed by atoms with Gasteiger partial charge >= 0.3 is 12.3 Å². The van der Waals surface area contributed by atoms with E-state index in [1.807, 2.05) is 12.1 Å². The Balaban J connectivity index is 1.38. The van der Waals surface area contributed by atoms with Gasteiger partial charge in [-0.2, -0.15) is 13.2 Å². The summed E-state index contributed by atoms with van der Waals surface area (Å²) in [7, 11) is 1.57. The minimum atomic E-state index is -4.68. The molecule has 0 bridgehead atoms. The number of nitrogens with zero attached hydrogens (tertiary/aromatic N) is 2. The van der Waals surface area contributed by atoms with Crippen molar-refractivity contribution < 1.29 is 50.9 Å². The fraction of sp³-hybridized carbons (Fsp3) is 0.424. The molecule has 2 amide bonds. The van der Waals surface area contributed by atoms with E-state index in [0.29, 0.717) is 30.9 Å². The Morgan fingerprint density at radius 2 is 1.77 bits per heavy atom. The molecule has 15 heteroatoms. The van der Waals surface area contributed by atoms with Gasteiger partial charge in [-0.1, -0.05) is 24.3 Å². The number of carboxylic acid groups (broad SMARTS) is 1. The molecule has 0 spiro atoms. The normalized spacial score (nSPS) is 17.0. The van der Waals surface area contributed by atoms with Crippen LogP contribution in [0.4, 0.5) is 32.4 Å². The van der Waals surface area contributed by atoms with Crippen LogP contribution in [0.5, 0.6) is 5.75 Å². The first kappa shape index (κ1) is 36.5. The zero-order chi connectivity index (χ0) is 34.7. The third-order valence-corrected chi connectivity index (χ3v) is 7.74. The van der Waals surface area contributed by atoms with Crippen LogP contribution in [0.1, 0.15) is 35.4 Å². The summed E-state index contributed by atoms with van der Waals surface area (Å²) in [5, 5.41) is 14.9. The SMILES string of the molecule is COCCOc1ccc([C@@H](CC(=O)Nc2cncc(F)c2CC[C@@H]2CN[C@@H](CN(CC(F)(F)F)C(=O)O)CO2)c2ccc(F)cc2)cc1. The lowest BCUT2D eigenvalue weighted by Crippen LogP contribution is -2.53. The molecule has 0 radical (unpaired) electrons. The van der Waals surface area contributed by atoms with Gasteiger partial charge in [0.05, 0.1) is 37.4 Å². The summed E-state index contributed by atoms with van der Waals surface area (Å²) in [6.07, 6.45) is -4.05. The van der Waals surface area contributed by atoms with Crippen LogP contribution in [-0.2, 0) is 20.7 Å². The fourth-order valence-electron chi connectivity index (χ4n) is 5.34. The van der Waals surface area contributed by atoms with Crippen LogP contribution in [-0.4, -0.2) is 91.9 Å². The summed E-state index contributed by atoms with van der Waals surface area (Å²) in [5.41, 5.74) is 1.84. The van der Waals surface area contributed by atoms with Gasteiger partial charge in [0.25, 0.3) is 0 Å². The average molecular weight is 681 g/mol. The number of hydrogen-bond donors (Lipinski definition) is 3. The van der Waals surface area contributed by atoms with Crippen molar-refractivity contribution in [2.45, 2.75) is 43.5 Å². The minimum absolute atomic E-state index is 0.0419. The molecule has 3 atom stereocenters. The second-order valence-electron chi connectivity index (χ2n) is 11.3. The van der Waals surface area contributed by atoms with Gasteiger partial charge in [0, 0.05) is 44.1 Å². The van der Waals surface area contributed by atoms with Crippen LogP contribution in [0.2, 0.25) is 0 Å². The summed E-state index contributed by atoms with van der Waals surface area (Å²) >= 11 is 0. The second kappa shape index (κ2) is 17.2. The Morgan fingerprint density at radius 1 is 1.08 bits per heavy atom. The maximum Gasteiger partial charge on any atom is 0.407 e. The number of ether oxygens (including phenoxy) is 3. The summed E-state index contributed by atoms with van der Waals surface area (Å²) in [4.78, 5) is 28.8. The molecule has 1 saturated heterocycles. The first-order valence-corrected chi connectivity index (χ1v) is 15.2. The van der Waals surface area contributed by atoms with Gasteiger partial charge in [0.1, 0.15) is 30.5 Å². The predicted molar refractivity (Wildman–Crippen MR) is 165 cm³/mol. The van der Waals surface area contributed by atoms with E-state index in [-0.39, 0.29) is 42.1 Å². The van der Waals surface area contributed by atoms with Gasteiger partial charge in [0.15, 0.2) is 0 Å². The Kier molecular flexibility index (Phi) is 13.1. The number of amides is 2. The van der Waals surface area contributed by atoms with E-state index in [9.17, 15) is 31.5 Å². The van der Waals surface area contributed by atoms with Crippen molar-refractivity contribution >= 4 is 17.7 Å². The molecule has 1 fully saturated rings. The third kappa shape index (κ3) is 11.1. The number of carbonyl (C=O) groups excluding carboxylic acids is 1. The number of methoxy groups -OCH3 is 1. The number of nitrogens with one attached hydrogen (secondary N) is 2. The lowest BCUT2D eigenvalue weighted by atomic mass is 9.88. The Labute approximate surface area is 274 Å². The molecule has 2 heterocycles. The Morgan fingerprint density at radius 3 is 2.38 bits per heavy atom. The molecule has 1 aliphatic heterocycles. The number of morpholine rings is 1. The van der Waals surface area contributed by atoms with E-state index >= 15 is 0 Å². The van der Waals surface area contributed by atoms with Crippen LogP contribution in [0.25, 0.3) is 0 Å². The largest absolute Gasteiger partial charge is 0.491 e. The van der Waals surface area contributed by atoms with E-state index in [2.05, 4.69) is 15.6 Å². The van der Waals surface area contributed by atoms with Crippen molar-refractivity contribution in [3.8, 4) is 5.75 Å². The van der Waals surface area contributed by atoms with Crippen LogP contribution < -0.4 is 15.4 Å². The molecule has 1 aromatic heterocycles. The van der Waals surface area contributed by atoms with Crippen molar-refractivity contribution in [1.82, 2.24) is 15.2 Å². The first-order chi connectivity index (χ1) is 22.9. The van der Waals surface area contributed by atoms with Gasteiger partial charge in [-0.25, -0.2) is 13.6 Å². The number of alkyl halides is 3. The molecule has 0 aliphatic carbocycles. The molecule has 3 N–H and O–H groups in total. The Bertz CT molecular complexity index is 1490. The van der Waals surface area contributed by atoms with E-state index in [4.69, 9.17) is 19.3 Å². The minimum Gasteiger partial charge on any atom is -0.491 e. The second-order valence-corrected chi connectivity index (χ2v) is 11.3. The molecule has 10 nitrogen and oxygen atoms in total. The summed E-state index contributed by atoms with van der Waals surface area (Å²) < 4.78 is 83.3. The molecule has 260 valence electrons. The highest BCUT2D eigenvalue weighted by Crippen LogP contribution is 2.31. The van der Waals surface area contributed by atoms with Crippen LogP contribution in [0.3, 0.4) is 0 Å². The summed E-state index contributed by atoms with van der Waals surface area (Å²) in [6, 6.07) is 12.3. The topological polar surface area (TPSA) is 122 Å². The van der Waals surface area contributed by atoms with Gasteiger partial charge in [-0.3, -0.25) is 14.7 Å². The third-order valence-electron chi connectivity index (χ3n) is 7.74. The maximum absolute atomic E-state index is 15.0. The van der Waals surface area contributed by atoms with Gasteiger partial charge in [-0.05, 0) is 48.2 Å². The number of rotatable bonds is 15.